The minimum atomic E-state index is -0.439. The topological polar surface area (TPSA) is 185 Å². The molecule has 2 aliphatic rings. The maximum Gasteiger partial charge on any atom is 0.234 e. The van der Waals surface area contributed by atoms with E-state index < -0.39 is 12.1 Å². The van der Waals surface area contributed by atoms with Crippen LogP contribution in [0.15, 0.2) is 103 Å². The number of nitrogens with two attached hydrogens (primary N) is 2. The number of aromatic nitrogens is 2. The van der Waals surface area contributed by atoms with Crippen molar-refractivity contribution in [2.75, 3.05) is 7.05 Å². The number of primary amides is 2. The van der Waals surface area contributed by atoms with E-state index in [-0.39, 0.29) is 50.1 Å². The van der Waals surface area contributed by atoms with Gasteiger partial charge >= 0.3 is 0 Å². The summed E-state index contributed by atoms with van der Waals surface area (Å²) < 4.78 is 25.7. The Labute approximate surface area is 419 Å². The molecule has 2 atom stereocenters. The lowest BCUT2D eigenvalue weighted by molar-refractivity contribution is -0.121. The van der Waals surface area contributed by atoms with Gasteiger partial charge in [-0.1, -0.05) is 59.6 Å². The molecule has 15 heteroatoms. The number of nitrogens with zero attached hydrogens (tertiary/aromatic N) is 3. The van der Waals surface area contributed by atoms with Crippen molar-refractivity contribution >= 4 is 41.2 Å². The van der Waals surface area contributed by atoms with Crippen LogP contribution >= 0.6 is 23.2 Å². The third-order valence-electron chi connectivity index (χ3n) is 12.8. The molecule has 0 aliphatic heterocycles. The van der Waals surface area contributed by atoms with Gasteiger partial charge in [-0.25, -0.2) is 0 Å². The van der Waals surface area contributed by atoms with Crippen molar-refractivity contribution in [2.24, 2.45) is 28.3 Å². The van der Waals surface area contributed by atoms with Crippen molar-refractivity contribution in [1.82, 2.24) is 20.6 Å². The van der Waals surface area contributed by atoms with Crippen molar-refractivity contribution in [2.45, 2.75) is 98.1 Å². The molecule has 6 N–H and O–H groups in total. The monoisotopic (exact) mass is 983 g/mol. The molecule has 2 saturated carbocycles. The highest BCUT2D eigenvalue weighted by Gasteiger charge is 2.36. The van der Waals surface area contributed by atoms with Crippen molar-refractivity contribution < 1.29 is 28.5 Å². The van der Waals surface area contributed by atoms with Gasteiger partial charge in [0.2, 0.25) is 11.8 Å². The molecule has 4 aromatic carbocycles. The Hall–Kier alpha value is -6.51. The molecule has 6 aromatic rings. The van der Waals surface area contributed by atoms with Gasteiger partial charge in [-0.05, 0) is 121 Å². The third-order valence-corrected chi connectivity index (χ3v) is 13.4. The van der Waals surface area contributed by atoms with Gasteiger partial charge in [0.15, 0.2) is 0 Å². The molecule has 2 aliphatic carbocycles. The first-order valence-corrected chi connectivity index (χ1v) is 24.3. The Kier molecular flexibility index (Phi) is 16.4. The van der Waals surface area contributed by atoms with Gasteiger partial charge in [-0.15, -0.1) is 0 Å². The summed E-state index contributed by atoms with van der Waals surface area (Å²) >= 11 is 13.8. The highest BCUT2D eigenvalue weighted by molar-refractivity contribution is 6.32. The maximum atomic E-state index is 12.3. The largest absolute Gasteiger partial charge is 0.488 e. The first-order valence-electron chi connectivity index (χ1n) is 23.5. The molecular formula is C55H59Cl2N7O6. The minimum absolute atomic E-state index is 0.225. The van der Waals surface area contributed by atoms with Gasteiger partial charge in [-0.3, -0.25) is 24.5 Å². The first-order chi connectivity index (χ1) is 33.8. The highest BCUT2D eigenvalue weighted by atomic mass is 35.5. The predicted octanol–water partition coefficient (Wildman–Crippen LogP) is 9.45. The standard InChI is InChI=1S/C55H59Cl2N7O6/c1-32-15-36(24-61-21-32)28-67-48-19-50(46(56)17-42(48)26-63-52(54(58)65)38-11-12-38)69-30-40-7-5-9-44(33(40)2)45-10-6-8-41(34(45)3)31-70-51-20-49(68-29-37-16-35(22-60-4)23-62-25-37)43(18-47(51)57)27-64-53(55(59)66)39-13-14-39/h5-10,15-25,38-39,52-53,63-64H,11-14,26-31H2,1-4H3,(H2,58,65)(H2,59,66)/t52-,53-/m0/s1. The summed E-state index contributed by atoms with van der Waals surface area (Å²) in [7, 11) is 1.71. The van der Waals surface area contributed by atoms with E-state index in [0.29, 0.717) is 46.1 Å². The number of aryl methyl sites for hydroxylation is 1. The van der Waals surface area contributed by atoms with E-state index in [1.54, 1.807) is 44.1 Å². The second kappa shape index (κ2) is 22.9. The van der Waals surface area contributed by atoms with Crippen LogP contribution in [0.3, 0.4) is 0 Å². The van der Waals surface area contributed by atoms with Gasteiger partial charge < -0.3 is 41.0 Å². The van der Waals surface area contributed by atoms with Crippen LogP contribution in [0, 0.1) is 32.6 Å². The number of amides is 2. The summed E-state index contributed by atoms with van der Waals surface area (Å²) in [5.74, 6) is 1.77. The van der Waals surface area contributed by atoms with Crippen LogP contribution in [0.5, 0.6) is 23.0 Å². The molecule has 0 spiro atoms. The average Bonchev–Trinajstić information content (AvgIpc) is 4.29. The summed E-state index contributed by atoms with van der Waals surface area (Å²) in [5.41, 5.74) is 22.9. The number of nitrogens with one attached hydrogen (secondary N) is 2. The zero-order chi connectivity index (χ0) is 49.3. The number of pyridine rings is 2. The van der Waals surface area contributed by atoms with E-state index in [9.17, 15) is 9.59 Å². The lowest BCUT2D eigenvalue weighted by atomic mass is 9.92. The second-order valence-electron chi connectivity index (χ2n) is 18.2. The van der Waals surface area contributed by atoms with E-state index in [2.05, 4.69) is 51.6 Å². The van der Waals surface area contributed by atoms with E-state index in [1.807, 2.05) is 61.5 Å². The lowest BCUT2D eigenvalue weighted by Gasteiger charge is -2.20. The van der Waals surface area contributed by atoms with Crippen LogP contribution in [-0.2, 0) is 49.1 Å². The Bertz CT molecular complexity index is 2890. The molecule has 2 aromatic heterocycles. The zero-order valence-corrected chi connectivity index (χ0v) is 41.4. The summed E-state index contributed by atoms with van der Waals surface area (Å²) in [6.45, 7) is 7.83. The Morgan fingerprint density at radius 3 is 1.53 bits per heavy atom. The number of ether oxygens (including phenoxy) is 4. The average molecular weight is 985 g/mol. The molecule has 0 unspecified atom stereocenters. The van der Waals surface area contributed by atoms with Crippen LogP contribution in [-0.4, -0.2) is 47.1 Å². The maximum absolute atomic E-state index is 12.3. The molecular weight excluding hydrogens is 926 g/mol. The second-order valence-corrected chi connectivity index (χ2v) is 19.0. The molecule has 13 nitrogen and oxygen atoms in total. The number of rotatable bonds is 24. The predicted molar refractivity (Wildman–Crippen MR) is 273 cm³/mol. The van der Waals surface area contributed by atoms with Gasteiger partial charge in [0.05, 0.1) is 22.1 Å². The molecule has 2 heterocycles. The SMILES string of the molecule is CN=Cc1cncc(COc2cc(OCc3cccc(-c4cccc(COc5cc(OCc6cncc(C)c6)c(CN[C@H](C(N)=O)C6CC6)cc5Cl)c4C)c3C)c(Cl)cc2CN[C@H](C(N)=O)C2CC2)c1. The van der Waals surface area contributed by atoms with Crippen molar-refractivity contribution in [3.8, 4) is 34.1 Å². The van der Waals surface area contributed by atoms with E-state index >= 15 is 0 Å². The van der Waals surface area contributed by atoms with Crippen molar-refractivity contribution in [3.63, 3.8) is 0 Å². The van der Waals surface area contributed by atoms with Gasteiger partial charge in [-0.2, -0.15) is 0 Å². The molecule has 70 heavy (non-hydrogen) atoms. The number of benzene rings is 4. The molecule has 2 amide bonds. The first kappa shape index (κ1) is 49.9. The Morgan fingerprint density at radius 2 is 1.09 bits per heavy atom. The number of carbonyl (C=O) groups excluding carboxylic acids is 2. The summed E-state index contributed by atoms with van der Waals surface area (Å²) in [5, 5.41) is 7.49. The molecule has 0 saturated heterocycles. The minimum Gasteiger partial charge on any atom is -0.488 e. The van der Waals surface area contributed by atoms with Crippen LogP contribution < -0.4 is 41.0 Å². The molecule has 2 fully saturated rings. The molecule has 0 bridgehead atoms. The Morgan fingerprint density at radius 1 is 0.629 bits per heavy atom. The number of hydrogen-bond acceptors (Lipinski definition) is 11. The van der Waals surface area contributed by atoms with Crippen LogP contribution in [0.4, 0.5) is 0 Å². The number of carbonyl (C=O) groups is 2. The number of aliphatic imine (C=N–C) groups is 1. The van der Waals surface area contributed by atoms with Crippen LogP contribution in [0.1, 0.15) is 81.3 Å². The summed E-state index contributed by atoms with van der Waals surface area (Å²) in [4.78, 5) is 37.3. The number of halogens is 2. The fraction of sp³-hybridized carbons (Fsp3) is 0.327. The van der Waals surface area contributed by atoms with Gasteiger partial charge in [0.25, 0.3) is 0 Å². The molecule has 0 radical (unpaired) electrons. The summed E-state index contributed by atoms with van der Waals surface area (Å²) in [6.07, 6.45) is 12.6. The Balaban J connectivity index is 0.984. The third kappa shape index (κ3) is 12.8. The van der Waals surface area contributed by atoms with E-state index in [4.69, 9.17) is 53.6 Å². The van der Waals surface area contributed by atoms with Gasteiger partial charge in [0, 0.05) is 91.1 Å². The molecule has 364 valence electrons. The fourth-order valence-electron chi connectivity index (χ4n) is 8.62. The normalized spacial score (nSPS) is 14.3. The van der Waals surface area contributed by atoms with E-state index in [0.717, 1.165) is 92.4 Å². The van der Waals surface area contributed by atoms with Crippen LogP contribution in [0.2, 0.25) is 10.0 Å². The zero-order valence-electron chi connectivity index (χ0n) is 39.9. The van der Waals surface area contributed by atoms with Crippen molar-refractivity contribution in [1.29, 1.82) is 0 Å². The lowest BCUT2D eigenvalue weighted by Crippen LogP contribution is -2.42. The van der Waals surface area contributed by atoms with Gasteiger partial charge in [0.1, 0.15) is 49.4 Å². The highest BCUT2D eigenvalue weighted by Crippen LogP contribution is 2.39. The van der Waals surface area contributed by atoms with Crippen molar-refractivity contribution in [3.05, 3.63) is 163 Å². The smallest absolute Gasteiger partial charge is 0.234 e. The summed E-state index contributed by atoms with van der Waals surface area (Å²) in [6, 6.07) is 22.7. The quantitative estimate of drug-likeness (QED) is 0.0426. The number of hydrogen-bond donors (Lipinski definition) is 4. The van der Waals surface area contributed by atoms with Crippen LogP contribution in [0.25, 0.3) is 11.1 Å². The van der Waals surface area contributed by atoms with E-state index in [1.165, 1.54) is 0 Å². The fourth-order valence-corrected chi connectivity index (χ4v) is 9.10. The molecule has 8 rings (SSSR count).